The summed E-state index contributed by atoms with van der Waals surface area (Å²) in [6.07, 6.45) is -0.166. The first-order chi connectivity index (χ1) is 9.85. The van der Waals surface area contributed by atoms with E-state index in [0.29, 0.717) is 5.92 Å². The summed E-state index contributed by atoms with van der Waals surface area (Å²) < 4.78 is 34.6. The van der Waals surface area contributed by atoms with Crippen molar-refractivity contribution in [3.63, 3.8) is 0 Å². The highest BCUT2D eigenvalue weighted by molar-refractivity contribution is 7.74. The second-order valence-electron chi connectivity index (χ2n) is 6.71. The molecule has 4 bridgehead atoms. The number of carbonyl (C=O) groups is 1. The van der Waals surface area contributed by atoms with Gasteiger partial charge >= 0.3 is 12.1 Å². The van der Waals surface area contributed by atoms with Crippen molar-refractivity contribution in [2.75, 3.05) is 6.61 Å². The van der Waals surface area contributed by atoms with Crippen molar-refractivity contribution in [2.45, 2.75) is 44.3 Å². The molecule has 4 rings (SSSR count). The maximum absolute atomic E-state index is 13.1. The van der Waals surface area contributed by atoms with E-state index in [4.69, 9.17) is 4.74 Å². The molecule has 0 aromatic rings. The molecule has 1 N–H and O–H groups in total. The third-order valence-corrected chi connectivity index (χ3v) is 5.31. The molecule has 0 saturated heterocycles. The summed E-state index contributed by atoms with van der Waals surface area (Å²) in [5.41, 5.74) is -0.275. The van der Waals surface area contributed by atoms with E-state index in [9.17, 15) is 18.7 Å². The normalized spacial score (nSPS) is 41.3. The summed E-state index contributed by atoms with van der Waals surface area (Å²) >= 11 is 3.02. The minimum atomic E-state index is -4.16. The summed E-state index contributed by atoms with van der Waals surface area (Å²) in [6.45, 7) is -0.0619. The molecule has 0 radical (unpaired) electrons. The van der Waals surface area contributed by atoms with Gasteiger partial charge in [-0.3, -0.25) is 0 Å². The zero-order valence-electron chi connectivity index (χ0n) is 11.3. The summed E-state index contributed by atoms with van der Waals surface area (Å²) in [4.78, 5) is 14.8. The van der Waals surface area contributed by atoms with Crippen LogP contribution in [0.25, 0.3) is 0 Å². The molecule has 0 spiro atoms. The van der Waals surface area contributed by atoms with Crippen LogP contribution in [-0.2, 0) is 18.8 Å². The monoisotopic (exact) mass is 324 g/mol. The molecule has 5 nitrogen and oxygen atoms in total. The Morgan fingerprint density at radius 2 is 1.90 bits per heavy atom. The standard InChI is InChI=1S/C13H18F2O5S/c14-13(15,19-20-21)11(17)18-6-12-3-7-1-8(4-12)10(16)9(2-7)5-12/h7-10,16,21H,1-6H2. The molecule has 2 unspecified atom stereocenters. The molecule has 0 aromatic heterocycles. The molecule has 2 atom stereocenters. The Bertz CT molecular complexity index is 417. The van der Waals surface area contributed by atoms with Crippen LogP contribution in [0.1, 0.15) is 32.1 Å². The quantitative estimate of drug-likeness (QED) is 0.267. The number of thiol groups is 1. The van der Waals surface area contributed by atoms with Gasteiger partial charge in [0.05, 0.1) is 12.7 Å². The van der Waals surface area contributed by atoms with E-state index < -0.39 is 12.1 Å². The molecule has 0 aromatic carbocycles. The highest BCUT2D eigenvalue weighted by Crippen LogP contribution is 2.60. The number of hydrogen-bond acceptors (Lipinski definition) is 6. The van der Waals surface area contributed by atoms with Gasteiger partial charge in [-0.2, -0.15) is 13.1 Å². The predicted octanol–water partition coefficient (Wildman–Crippen LogP) is 2.10. The summed E-state index contributed by atoms with van der Waals surface area (Å²) in [5, 5.41) is 10.1. The van der Waals surface area contributed by atoms with E-state index in [1.807, 2.05) is 0 Å². The van der Waals surface area contributed by atoms with Gasteiger partial charge in [0.2, 0.25) is 0 Å². The number of halogens is 2. The molecule has 4 aliphatic carbocycles. The van der Waals surface area contributed by atoms with Crippen molar-refractivity contribution >= 4 is 18.9 Å². The lowest BCUT2D eigenvalue weighted by Gasteiger charge is -2.58. The van der Waals surface area contributed by atoms with Gasteiger partial charge in [0.1, 0.15) is 0 Å². The van der Waals surface area contributed by atoms with E-state index >= 15 is 0 Å². The number of esters is 1. The fourth-order valence-electron chi connectivity index (χ4n) is 4.73. The van der Waals surface area contributed by atoms with E-state index in [0.717, 1.165) is 32.1 Å². The molecular weight excluding hydrogens is 306 g/mol. The maximum atomic E-state index is 13.1. The molecule has 0 aliphatic heterocycles. The first-order valence-corrected chi connectivity index (χ1v) is 7.44. The Hall–Kier alpha value is -0.440. The van der Waals surface area contributed by atoms with Crippen LogP contribution < -0.4 is 0 Å². The largest absolute Gasteiger partial charge is 0.483 e. The van der Waals surface area contributed by atoms with Gasteiger partial charge in [-0.25, -0.2) is 4.79 Å². The number of ether oxygens (including phenoxy) is 1. The van der Waals surface area contributed by atoms with Crippen LogP contribution in [0.3, 0.4) is 0 Å². The van der Waals surface area contributed by atoms with E-state index in [-0.39, 0.29) is 30.0 Å². The minimum absolute atomic E-state index is 0.0619. The van der Waals surface area contributed by atoms with Crippen LogP contribution in [0.4, 0.5) is 8.78 Å². The maximum Gasteiger partial charge on any atom is 0.483 e. The lowest BCUT2D eigenvalue weighted by molar-refractivity contribution is -0.369. The minimum Gasteiger partial charge on any atom is -0.459 e. The van der Waals surface area contributed by atoms with Gasteiger partial charge in [-0.1, -0.05) is 0 Å². The van der Waals surface area contributed by atoms with Gasteiger partial charge in [-0.15, -0.1) is 4.89 Å². The van der Waals surface area contributed by atoms with Crippen LogP contribution in [0.2, 0.25) is 0 Å². The lowest BCUT2D eigenvalue weighted by atomic mass is 9.49. The number of hydrogen-bond donors (Lipinski definition) is 2. The van der Waals surface area contributed by atoms with Crippen molar-refractivity contribution in [1.29, 1.82) is 0 Å². The van der Waals surface area contributed by atoms with E-state index in [1.165, 1.54) is 0 Å². The van der Waals surface area contributed by atoms with Crippen LogP contribution in [0.15, 0.2) is 0 Å². The third kappa shape index (κ3) is 2.78. The van der Waals surface area contributed by atoms with Crippen LogP contribution >= 0.6 is 12.9 Å². The Balaban J connectivity index is 1.62. The van der Waals surface area contributed by atoms with Gasteiger partial charge in [-0.05, 0) is 49.9 Å². The predicted molar refractivity (Wildman–Crippen MR) is 69.1 cm³/mol. The first-order valence-electron chi connectivity index (χ1n) is 7.08. The Morgan fingerprint density at radius 3 is 2.48 bits per heavy atom. The molecular formula is C13H18F2O5S. The van der Waals surface area contributed by atoms with Crippen molar-refractivity contribution < 1.29 is 32.6 Å². The summed E-state index contributed by atoms with van der Waals surface area (Å²) in [7, 11) is 0. The molecule has 0 heterocycles. The highest BCUT2D eigenvalue weighted by Gasteiger charge is 2.56. The Morgan fingerprint density at radius 1 is 1.29 bits per heavy atom. The lowest BCUT2D eigenvalue weighted by Crippen LogP contribution is -2.55. The van der Waals surface area contributed by atoms with Crippen molar-refractivity contribution in [3.05, 3.63) is 0 Å². The van der Waals surface area contributed by atoms with Gasteiger partial charge < -0.3 is 9.84 Å². The average Bonchev–Trinajstić information content (AvgIpc) is 2.41. The molecule has 21 heavy (non-hydrogen) atoms. The molecule has 4 aliphatic rings. The third-order valence-electron chi connectivity index (χ3n) is 5.24. The highest BCUT2D eigenvalue weighted by atomic mass is 32.1. The first kappa shape index (κ1) is 15.5. The van der Waals surface area contributed by atoms with Crippen LogP contribution in [-0.4, -0.2) is 29.9 Å². The molecule has 4 saturated carbocycles. The average molecular weight is 324 g/mol. The fourth-order valence-corrected chi connectivity index (χ4v) is 4.82. The fraction of sp³-hybridized carbons (Fsp3) is 0.923. The number of rotatable bonds is 5. The van der Waals surface area contributed by atoms with E-state index in [1.54, 1.807) is 0 Å². The second-order valence-corrected chi connectivity index (χ2v) is 6.86. The zero-order valence-corrected chi connectivity index (χ0v) is 12.2. The van der Waals surface area contributed by atoms with Crippen LogP contribution in [0, 0.1) is 23.2 Å². The van der Waals surface area contributed by atoms with E-state index in [2.05, 4.69) is 22.1 Å². The summed E-state index contributed by atoms with van der Waals surface area (Å²) in [6, 6.07) is 0. The van der Waals surface area contributed by atoms with Gasteiger partial charge in [0.15, 0.2) is 0 Å². The SMILES string of the molecule is O=C(OCC12CC3CC(C1)C(O)C(C3)C2)C(F)(F)OOS. The zero-order chi connectivity index (χ0) is 15.3. The summed E-state index contributed by atoms with van der Waals surface area (Å²) in [5.74, 6) is -0.866. The molecule has 0 amide bonds. The number of aliphatic hydroxyl groups is 1. The van der Waals surface area contributed by atoms with Crippen molar-refractivity contribution in [3.8, 4) is 0 Å². The van der Waals surface area contributed by atoms with Crippen molar-refractivity contribution in [2.24, 2.45) is 23.2 Å². The molecule has 4 fully saturated rings. The molecule has 8 heteroatoms. The Labute approximate surface area is 126 Å². The Kier molecular flexibility index (Phi) is 3.92. The molecule has 120 valence electrons. The topological polar surface area (TPSA) is 65.0 Å². The van der Waals surface area contributed by atoms with Gasteiger partial charge in [0, 0.05) is 18.3 Å². The number of carbonyl (C=O) groups excluding carboxylic acids is 1. The van der Waals surface area contributed by atoms with Crippen molar-refractivity contribution in [1.82, 2.24) is 0 Å². The van der Waals surface area contributed by atoms with Crippen LogP contribution in [0.5, 0.6) is 0 Å². The van der Waals surface area contributed by atoms with Gasteiger partial charge in [0.25, 0.3) is 0 Å². The number of aliphatic hydroxyl groups excluding tert-OH is 1. The number of alkyl halides is 2. The smallest absolute Gasteiger partial charge is 0.459 e. The second kappa shape index (κ2) is 5.33.